The number of rotatable bonds is 3. The van der Waals surface area contributed by atoms with Crippen LogP contribution < -0.4 is 4.90 Å². The van der Waals surface area contributed by atoms with Gasteiger partial charge in [-0.3, -0.25) is 9.78 Å². The summed E-state index contributed by atoms with van der Waals surface area (Å²) in [7, 11) is 0. The minimum absolute atomic E-state index is 0.0307. The number of carbonyl (C=O) groups is 1. The van der Waals surface area contributed by atoms with Gasteiger partial charge in [0.05, 0.1) is 16.3 Å². The second kappa shape index (κ2) is 7.72. The lowest BCUT2D eigenvalue weighted by Crippen LogP contribution is -2.49. The zero-order valence-corrected chi connectivity index (χ0v) is 15.4. The maximum absolute atomic E-state index is 12.7. The highest BCUT2D eigenvalue weighted by Gasteiger charge is 2.24. The van der Waals surface area contributed by atoms with Crippen molar-refractivity contribution < 1.29 is 4.79 Å². The van der Waals surface area contributed by atoms with Gasteiger partial charge in [-0.05, 0) is 36.4 Å². The Balaban J connectivity index is 1.41. The van der Waals surface area contributed by atoms with Crippen molar-refractivity contribution in [1.29, 1.82) is 0 Å². The van der Waals surface area contributed by atoms with E-state index in [2.05, 4.69) is 20.1 Å². The summed E-state index contributed by atoms with van der Waals surface area (Å²) in [5.41, 5.74) is 2.09. The quantitative estimate of drug-likeness (QED) is 0.699. The number of halogens is 1. The van der Waals surface area contributed by atoms with E-state index in [1.54, 1.807) is 18.3 Å². The SMILES string of the molecule is O=C(c1ccccc1Cl)N1CCN(c2ccc(-c3ccccn3)nn2)CC1. The molecule has 0 atom stereocenters. The molecule has 0 unspecified atom stereocenters. The molecule has 0 saturated carbocycles. The summed E-state index contributed by atoms with van der Waals surface area (Å²) >= 11 is 6.15. The van der Waals surface area contributed by atoms with E-state index in [1.165, 1.54) is 0 Å². The van der Waals surface area contributed by atoms with Crippen LogP contribution >= 0.6 is 11.6 Å². The van der Waals surface area contributed by atoms with Crippen LogP contribution in [-0.4, -0.2) is 52.2 Å². The number of nitrogens with zero attached hydrogens (tertiary/aromatic N) is 5. The van der Waals surface area contributed by atoms with Crippen LogP contribution in [0, 0.1) is 0 Å². The first-order chi connectivity index (χ1) is 13.2. The zero-order chi connectivity index (χ0) is 18.6. The molecule has 0 spiro atoms. The van der Waals surface area contributed by atoms with Gasteiger partial charge in [0.1, 0.15) is 5.69 Å². The first-order valence-corrected chi connectivity index (χ1v) is 9.14. The van der Waals surface area contributed by atoms with Crippen molar-refractivity contribution in [2.24, 2.45) is 0 Å². The number of piperazine rings is 1. The fraction of sp³-hybridized carbons (Fsp3) is 0.200. The predicted molar refractivity (Wildman–Crippen MR) is 105 cm³/mol. The fourth-order valence-corrected chi connectivity index (χ4v) is 3.30. The van der Waals surface area contributed by atoms with E-state index in [0.717, 1.165) is 17.2 Å². The lowest BCUT2D eigenvalue weighted by molar-refractivity contribution is 0.0746. The van der Waals surface area contributed by atoms with Crippen LogP contribution in [0.5, 0.6) is 0 Å². The van der Waals surface area contributed by atoms with Gasteiger partial charge in [0.15, 0.2) is 5.82 Å². The molecule has 0 bridgehead atoms. The number of anilines is 1. The van der Waals surface area contributed by atoms with Crippen LogP contribution in [0.25, 0.3) is 11.4 Å². The van der Waals surface area contributed by atoms with E-state index in [4.69, 9.17) is 11.6 Å². The third-order valence-corrected chi connectivity index (χ3v) is 4.90. The number of benzene rings is 1. The van der Waals surface area contributed by atoms with Crippen molar-refractivity contribution in [2.75, 3.05) is 31.1 Å². The molecule has 1 fully saturated rings. The summed E-state index contributed by atoms with van der Waals surface area (Å²) in [6.07, 6.45) is 1.74. The van der Waals surface area contributed by atoms with Gasteiger partial charge in [-0.25, -0.2) is 0 Å². The molecular formula is C20H18ClN5O. The lowest BCUT2D eigenvalue weighted by Gasteiger charge is -2.35. The summed E-state index contributed by atoms with van der Waals surface area (Å²) in [6, 6.07) is 16.7. The summed E-state index contributed by atoms with van der Waals surface area (Å²) in [6.45, 7) is 2.64. The molecule has 3 heterocycles. The smallest absolute Gasteiger partial charge is 0.255 e. The van der Waals surface area contributed by atoms with Crippen LogP contribution in [-0.2, 0) is 0 Å². The van der Waals surface area contributed by atoms with E-state index in [-0.39, 0.29) is 5.91 Å². The van der Waals surface area contributed by atoms with Crippen molar-refractivity contribution in [1.82, 2.24) is 20.1 Å². The van der Waals surface area contributed by atoms with Crippen LogP contribution in [0.3, 0.4) is 0 Å². The topological polar surface area (TPSA) is 62.2 Å². The number of aromatic nitrogens is 3. The summed E-state index contributed by atoms with van der Waals surface area (Å²) < 4.78 is 0. The first-order valence-electron chi connectivity index (χ1n) is 8.76. The van der Waals surface area contributed by atoms with Gasteiger partial charge < -0.3 is 9.80 Å². The van der Waals surface area contributed by atoms with Crippen LogP contribution in [0.4, 0.5) is 5.82 Å². The molecule has 136 valence electrons. The Labute approximate surface area is 162 Å². The first kappa shape index (κ1) is 17.4. The molecule has 2 aromatic heterocycles. The average molecular weight is 380 g/mol. The van der Waals surface area contributed by atoms with Gasteiger partial charge in [-0.15, -0.1) is 10.2 Å². The molecule has 1 aromatic carbocycles. The molecule has 1 amide bonds. The maximum Gasteiger partial charge on any atom is 0.255 e. The minimum atomic E-state index is -0.0307. The molecule has 0 N–H and O–H groups in total. The second-order valence-corrected chi connectivity index (χ2v) is 6.66. The van der Waals surface area contributed by atoms with Crippen LogP contribution in [0.15, 0.2) is 60.8 Å². The molecule has 1 aliphatic rings. The lowest BCUT2D eigenvalue weighted by atomic mass is 10.2. The Morgan fingerprint density at radius 3 is 2.30 bits per heavy atom. The maximum atomic E-state index is 12.7. The molecule has 3 aromatic rings. The normalized spacial score (nSPS) is 14.3. The number of pyridine rings is 1. The Hall–Kier alpha value is -2.99. The van der Waals surface area contributed by atoms with Crippen molar-refractivity contribution in [2.45, 2.75) is 0 Å². The predicted octanol–water partition coefficient (Wildman–Crippen LogP) is 3.15. The van der Waals surface area contributed by atoms with Gasteiger partial charge in [-0.1, -0.05) is 29.8 Å². The van der Waals surface area contributed by atoms with E-state index < -0.39 is 0 Å². The van der Waals surface area contributed by atoms with E-state index in [0.29, 0.717) is 36.8 Å². The molecule has 27 heavy (non-hydrogen) atoms. The highest BCUT2D eigenvalue weighted by atomic mass is 35.5. The van der Waals surface area contributed by atoms with Gasteiger partial charge >= 0.3 is 0 Å². The van der Waals surface area contributed by atoms with Crippen molar-refractivity contribution >= 4 is 23.3 Å². The zero-order valence-electron chi connectivity index (χ0n) is 14.6. The van der Waals surface area contributed by atoms with Crippen molar-refractivity contribution in [3.8, 4) is 11.4 Å². The Kier molecular flexibility index (Phi) is 4.98. The molecule has 6 nitrogen and oxygen atoms in total. The largest absolute Gasteiger partial charge is 0.352 e. The number of hydrogen-bond donors (Lipinski definition) is 0. The highest BCUT2D eigenvalue weighted by molar-refractivity contribution is 6.33. The number of carbonyl (C=O) groups excluding carboxylic acids is 1. The van der Waals surface area contributed by atoms with Crippen molar-refractivity contribution in [3.63, 3.8) is 0 Å². The molecule has 0 radical (unpaired) electrons. The molecule has 1 aliphatic heterocycles. The molecule has 7 heteroatoms. The third kappa shape index (κ3) is 3.75. The van der Waals surface area contributed by atoms with Gasteiger partial charge in [0.2, 0.25) is 0 Å². The van der Waals surface area contributed by atoms with Crippen molar-refractivity contribution in [3.05, 3.63) is 71.4 Å². The summed E-state index contributed by atoms with van der Waals surface area (Å²) in [5.74, 6) is 0.774. The standard InChI is InChI=1S/C20H18ClN5O/c21-16-6-2-1-5-15(16)20(27)26-13-11-25(12-14-26)19-9-8-18(23-24-19)17-7-3-4-10-22-17/h1-10H,11-14H2. The highest BCUT2D eigenvalue weighted by Crippen LogP contribution is 2.20. The average Bonchev–Trinajstić information content (AvgIpc) is 2.74. The molecule has 1 saturated heterocycles. The third-order valence-electron chi connectivity index (χ3n) is 4.57. The number of amides is 1. The second-order valence-electron chi connectivity index (χ2n) is 6.25. The van der Waals surface area contributed by atoms with Crippen LogP contribution in [0.1, 0.15) is 10.4 Å². The summed E-state index contributed by atoms with van der Waals surface area (Å²) in [4.78, 5) is 20.9. The van der Waals surface area contributed by atoms with Gasteiger partial charge in [-0.2, -0.15) is 0 Å². The molecular weight excluding hydrogens is 362 g/mol. The molecule has 4 rings (SSSR count). The Morgan fingerprint density at radius 1 is 0.852 bits per heavy atom. The minimum Gasteiger partial charge on any atom is -0.352 e. The Bertz CT molecular complexity index is 925. The fourth-order valence-electron chi connectivity index (χ4n) is 3.09. The van der Waals surface area contributed by atoms with Gasteiger partial charge in [0, 0.05) is 32.4 Å². The van der Waals surface area contributed by atoms with E-state index in [9.17, 15) is 4.79 Å². The Morgan fingerprint density at radius 2 is 1.63 bits per heavy atom. The monoisotopic (exact) mass is 379 g/mol. The van der Waals surface area contributed by atoms with E-state index >= 15 is 0 Å². The molecule has 0 aliphatic carbocycles. The van der Waals surface area contributed by atoms with E-state index in [1.807, 2.05) is 47.4 Å². The summed E-state index contributed by atoms with van der Waals surface area (Å²) in [5, 5.41) is 9.10. The number of hydrogen-bond acceptors (Lipinski definition) is 5. The van der Waals surface area contributed by atoms with Gasteiger partial charge in [0.25, 0.3) is 5.91 Å². The van der Waals surface area contributed by atoms with Crippen LogP contribution in [0.2, 0.25) is 5.02 Å².